The van der Waals surface area contributed by atoms with Gasteiger partial charge in [0.2, 0.25) is 6.29 Å². The second kappa shape index (κ2) is 9.00. The molecular weight excluding hydrogens is 428 g/mol. The van der Waals surface area contributed by atoms with Crippen LogP contribution in [-0.2, 0) is 14.3 Å². The summed E-state index contributed by atoms with van der Waals surface area (Å²) in [4.78, 5) is 12.4. The summed E-state index contributed by atoms with van der Waals surface area (Å²) in [5.74, 6) is 0.600. The number of ether oxygens (including phenoxy) is 3. The van der Waals surface area contributed by atoms with E-state index in [0.717, 1.165) is 18.4 Å². The molecule has 3 fully saturated rings. The van der Waals surface area contributed by atoms with Crippen LogP contribution < -0.4 is 4.74 Å². The Bertz CT molecular complexity index is 879. The van der Waals surface area contributed by atoms with E-state index in [2.05, 4.69) is 20.8 Å². The first kappa shape index (κ1) is 24.2. The Morgan fingerprint density at radius 1 is 1.12 bits per heavy atom. The first-order valence-corrected chi connectivity index (χ1v) is 11.5. The molecule has 8 atom stereocenters. The average molecular weight is 463 g/mol. The minimum absolute atomic E-state index is 0.0184. The van der Waals surface area contributed by atoms with E-state index in [1.54, 1.807) is 30.3 Å². The molecule has 0 radical (unpaired) electrons. The van der Waals surface area contributed by atoms with E-state index in [0.29, 0.717) is 11.7 Å². The maximum atomic E-state index is 12.4. The molecular formula is C25H34O8. The fourth-order valence-electron chi connectivity index (χ4n) is 5.61. The van der Waals surface area contributed by atoms with E-state index < -0.39 is 37.3 Å². The van der Waals surface area contributed by atoms with Gasteiger partial charge in [0.1, 0.15) is 36.3 Å². The average Bonchev–Trinajstić information content (AvgIpc) is 3.12. The molecule has 1 heterocycles. The van der Waals surface area contributed by atoms with Crippen molar-refractivity contribution in [1.82, 2.24) is 0 Å². The fraction of sp³-hybridized carbons (Fsp3) is 0.640. The third kappa shape index (κ3) is 4.31. The lowest BCUT2D eigenvalue weighted by molar-refractivity contribution is -0.277. The van der Waals surface area contributed by atoms with Gasteiger partial charge in [-0.05, 0) is 54.4 Å². The van der Waals surface area contributed by atoms with E-state index in [-0.39, 0.29) is 22.9 Å². The number of esters is 1. The molecule has 0 unspecified atom stereocenters. The molecule has 1 aromatic carbocycles. The Labute approximate surface area is 193 Å². The van der Waals surface area contributed by atoms with Crippen molar-refractivity contribution >= 4 is 12.0 Å². The van der Waals surface area contributed by atoms with E-state index in [4.69, 9.17) is 14.2 Å². The Balaban J connectivity index is 1.33. The Morgan fingerprint density at radius 2 is 1.82 bits per heavy atom. The van der Waals surface area contributed by atoms with Gasteiger partial charge in [-0.25, -0.2) is 4.79 Å². The zero-order valence-corrected chi connectivity index (χ0v) is 19.3. The quantitative estimate of drug-likeness (QED) is 0.371. The molecule has 33 heavy (non-hydrogen) atoms. The van der Waals surface area contributed by atoms with Gasteiger partial charge in [0.25, 0.3) is 0 Å². The maximum absolute atomic E-state index is 12.4. The van der Waals surface area contributed by atoms with Crippen molar-refractivity contribution in [1.29, 1.82) is 0 Å². The van der Waals surface area contributed by atoms with E-state index in [1.807, 2.05) is 0 Å². The molecule has 0 aromatic heterocycles. The van der Waals surface area contributed by atoms with Crippen molar-refractivity contribution in [3.8, 4) is 5.75 Å². The van der Waals surface area contributed by atoms with Crippen LogP contribution in [0.3, 0.4) is 0 Å². The molecule has 1 aromatic rings. The molecule has 2 bridgehead atoms. The molecule has 2 saturated carbocycles. The van der Waals surface area contributed by atoms with Crippen molar-refractivity contribution in [2.45, 2.75) is 76.8 Å². The van der Waals surface area contributed by atoms with Crippen molar-refractivity contribution < 1.29 is 39.4 Å². The van der Waals surface area contributed by atoms with Crippen LogP contribution in [0.4, 0.5) is 0 Å². The largest absolute Gasteiger partial charge is 0.462 e. The zero-order chi connectivity index (χ0) is 24.0. The number of hydrogen-bond donors (Lipinski definition) is 4. The van der Waals surface area contributed by atoms with Gasteiger partial charge in [-0.1, -0.05) is 32.9 Å². The first-order chi connectivity index (χ1) is 15.6. The van der Waals surface area contributed by atoms with E-state index in [9.17, 15) is 25.2 Å². The second-order valence-electron chi connectivity index (χ2n) is 10.3. The third-order valence-electron chi connectivity index (χ3n) is 8.37. The topological polar surface area (TPSA) is 126 Å². The highest BCUT2D eigenvalue weighted by Gasteiger charge is 2.62. The predicted molar refractivity (Wildman–Crippen MR) is 119 cm³/mol. The molecule has 0 amide bonds. The standard InChI is InChI=1S/C25H34O8/c1-24(2)15-10-11-25(24,3)18(12-15)33-19(27)9-6-14-4-7-16(8-5-14)31-23-22(30)21(29)20(28)17(13-26)32-23/h4-9,15,17-18,20-23,26,28-30H,10-13H2,1-3H3/t15-,17-,18+,20-,21+,22-,23-,25+/m1/s1. The molecule has 8 nitrogen and oxygen atoms in total. The number of fused-ring (bicyclic) bond motifs is 2. The third-order valence-corrected chi connectivity index (χ3v) is 8.37. The van der Waals surface area contributed by atoms with Crippen molar-refractivity contribution in [3.63, 3.8) is 0 Å². The van der Waals surface area contributed by atoms with Gasteiger partial charge in [0, 0.05) is 11.5 Å². The van der Waals surface area contributed by atoms with Gasteiger partial charge in [0.15, 0.2) is 0 Å². The summed E-state index contributed by atoms with van der Waals surface area (Å²) in [5, 5.41) is 39.1. The lowest BCUT2D eigenvalue weighted by atomic mass is 9.70. The van der Waals surface area contributed by atoms with Gasteiger partial charge in [-0.3, -0.25) is 0 Å². The number of aliphatic hydroxyl groups excluding tert-OH is 4. The highest BCUT2D eigenvalue weighted by atomic mass is 16.7. The van der Waals surface area contributed by atoms with Gasteiger partial charge in [-0.15, -0.1) is 0 Å². The number of carbonyl (C=O) groups is 1. The van der Waals surface area contributed by atoms with Gasteiger partial charge in [-0.2, -0.15) is 0 Å². The minimum Gasteiger partial charge on any atom is -0.462 e. The van der Waals surface area contributed by atoms with Gasteiger partial charge < -0.3 is 34.6 Å². The monoisotopic (exact) mass is 462 g/mol. The van der Waals surface area contributed by atoms with Crippen LogP contribution in [0.1, 0.15) is 45.6 Å². The molecule has 0 spiro atoms. The SMILES string of the molecule is CC1(C)[C@@H]2CC[C@@]1(C)[C@@H](OC(=O)C=Cc1ccc(O[C@@H]3O[C@H](CO)[C@@H](O)[C@H](O)[C@H]3O)cc1)C2. The van der Waals surface area contributed by atoms with Crippen LogP contribution in [-0.4, -0.2) is 69.8 Å². The van der Waals surface area contributed by atoms with Crippen molar-refractivity contribution in [2.75, 3.05) is 6.61 Å². The van der Waals surface area contributed by atoms with Crippen LogP contribution in [0.2, 0.25) is 0 Å². The highest BCUT2D eigenvalue weighted by molar-refractivity contribution is 5.87. The minimum atomic E-state index is -1.50. The predicted octanol–water partition coefficient (Wildman–Crippen LogP) is 1.64. The van der Waals surface area contributed by atoms with Gasteiger partial charge >= 0.3 is 5.97 Å². The summed E-state index contributed by atoms with van der Waals surface area (Å²) in [5.41, 5.74) is 0.954. The molecule has 3 aliphatic rings. The number of carbonyl (C=O) groups excluding carboxylic acids is 1. The van der Waals surface area contributed by atoms with E-state index in [1.165, 1.54) is 12.5 Å². The summed E-state index contributed by atoms with van der Waals surface area (Å²) in [6, 6.07) is 6.72. The Morgan fingerprint density at radius 3 is 2.39 bits per heavy atom. The number of hydrogen-bond acceptors (Lipinski definition) is 8. The molecule has 4 rings (SSSR count). The van der Waals surface area contributed by atoms with Crippen LogP contribution >= 0.6 is 0 Å². The van der Waals surface area contributed by atoms with Crippen LogP contribution in [0.25, 0.3) is 6.08 Å². The Kier molecular flexibility index (Phi) is 6.59. The molecule has 1 saturated heterocycles. The van der Waals surface area contributed by atoms with Crippen LogP contribution in [0.5, 0.6) is 5.75 Å². The molecule has 1 aliphatic heterocycles. The summed E-state index contributed by atoms with van der Waals surface area (Å²) in [7, 11) is 0. The highest BCUT2D eigenvalue weighted by Crippen LogP contribution is 2.66. The lowest BCUT2D eigenvalue weighted by Gasteiger charge is -2.39. The molecule has 182 valence electrons. The number of aliphatic hydroxyl groups is 4. The van der Waals surface area contributed by atoms with Crippen LogP contribution in [0.15, 0.2) is 30.3 Å². The lowest BCUT2D eigenvalue weighted by Crippen LogP contribution is -2.60. The first-order valence-electron chi connectivity index (χ1n) is 11.5. The molecule has 8 heteroatoms. The molecule has 4 N–H and O–H groups in total. The summed E-state index contributed by atoms with van der Waals surface area (Å²) in [6.45, 7) is 6.27. The van der Waals surface area contributed by atoms with Gasteiger partial charge in [0.05, 0.1) is 6.61 Å². The smallest absolute Gasteiger partial charge is 0.331 e. The second-order valence-corrected chi connectivity index (χ2v) is 10.3. The normalized spacial score (nSPS) is 39.7. The van der Waals surface area contributed by atoms with Crippen molar-refractivity contribution in [3.05, 3.63) is 35.9 Å². The van der Waals surface area contributed by atoms with E-state index >= 15 is 0 Å². The number of benzene rings is 1. The summed E-state index contributed by atoms with van der Waals surface area (Å²) >= 11 is 0. The number of rotatable bonds is 6. The van der Waals surface area contributed by atoms with Crippen molar-refractivity contribution in [2.24, 2.45) is 16.7 Å². The van der Waals surface area contributed by atoms with Crippen LogP contribution in [0, 0.1) is 16.7 Å². The zero-order valence-electron chi connectivity index (χ0n) is 19.3. The Hall–Kier alpha value is -1.97. The molecule has 2 aliphatic carbocycles. The fourth-order valence-corrected chi connectivity index (χ4v) is 5.61. The summed E-state index contributed by atoms with van der Waals surface area (Å²) < 4.78 is 16.7. The maximum Gasteiger partial charge on any atom is 0.331 e. The summed E-state index contributed by atoms with van der Waals surface area (Å²) in [6.07, 6.45) is -0.458.